The van der Waals surface area contributed by atoms with Gasteiger partial charge in [0, 0.05) is 14.9 Å². The quantitative estimate of drug-likeness (QED) is 0.548. The summed E-state index contributed by atoms with van der Waals surface area (Å²) in [5, 5.41) is 3.72. The predicted molar refractivity (Wildman–Crippen MR) is 105 cm³/mol. The Balaban J connectivity index is 1.82. The largest absolute Gasteiger partial charge is 0.376 e. The van der Waals surface area contributed by atoms with Gasteiger partial charge in [-0.2, -0.15) is 0 Å². The van der Waals surface area contributed by atoms with Crippen LogP contribution in [-0.2, 0) is 0 Å². The van der Waals surface area contributed by atoms with Crippen LogP contribution >= 0.6 is 31.9 Å². The van der Waals surface area contributed by atoms with E-state index in [1.165, 1.54) is 33.5 Å². The van der Waals surface area contributed by atoms with Crippen LogP contribution in [0, 0.1) is 6.92 Å². The maximum Gasteiger partial charge on any atom is 0.0584 e. The summed E-state index contributed by atoms with van der Waals surface area (Å²) in [7, 11) is 0. The normalized spacial score (nSPS) is 21.9. The Morgan fingerprint density at radius 3 is 2.52 bits per heavy atom. The number of para-hydroxylation sites is 1. The molecule has 4 rings (SSSR count). The number of hydrogen-bond acceptors (Lipinski definition) is 1. The van der Waals surface area contributed by atoms with Crippen molar-refractivity contribution in [1.29, 1.82) is 0 Å². The molecule has 0 fully saturated rings. The van der Waals surface area contributed by atoms with Gasteiger partial charge >= 0.3 is 0 Å². The minimum absolute atomic E-state index is 0.335. The Morgan fingerprint density at radius 1 is 0.957 bits per heavy atom. The lowest BCUT2D eigenvalue weighted by molar-refractivity contribution is 0.765. The number of hydrogen-bond donors (Lipinski definition) is 1. The van der Waals surface area contributed by atoms with Gasteiger partial charge in [-0.3, -0.25) is 0 Å². The molecule has 2 aliphatic rings. The van der Waals surface area contributed by atoms with Gasteiger partial charge in [0.25, 0.3) is 0 Å². The third-order valence-corrected chi connectivity index (χ3v) is 6.50. The number of fused-ring (bicyclic) bond motifs is 3. The van der Waals surface area contributed by atoms with E-state index in [0.29, 0.717) is 12.0 Å². The SMILES string of the molecule is CC1=C(c2cccc(Br)c2C)C=CC2c3cccc(Br)c3NC12. The van der Waals surface area contributed by atoms with Crippen molar-refractivity contribution in [1.82, 2.24) is 0 Å². The van der Waals surface area contributed by atoms with E-state index in [1.807, 2.05) is 0 Å². The second-order valence-corrected chi connectivity index (χ2v) is 7.93. The van der Waals surface area contributed by atoms with Crippen LogP contribution in [0.3, 0.4) is 0 Å². The molecule has 1 aliphatic heterocycles. The van der Waals surface area contributed by atoms with E-state index < -0.39 is 0 Å². The number of anilines is 1. The molecule has 23 heavy (non-hydrogen) atoms. The molecule has 2 aromatic carbocycles. The zero-order valence-corrected chi connectivity index (χ0v) is 16.2. The number of rotatable bonds is 1. The summed E-state index contributed by atoms with van der Waals surface area (Å²) < 4.78 is 2.31. The van der Waals surface area contributed by atoms with Crippen molar-refractivity contribution in [2.24, 2.45) is 0 Å². The van der Waals surface area contributed by atoms with Crippen LogP contribution in [0.5, 0.6) is 0 Å². The average molecular weight is 431 g/mol. The molecule has 0 saturated carbocycles. The monoisotopic (exact) mass is 429 g/mol. The molecule has 0 spiro atoms. The highest BCUT2D eigenvalue weighted by Gasteiger charge is 2.35. The van der Waals surface area contributed by atoms with Gasteiger partial charge in [-0.15, -0.1) is 0 Å². The summed E-state index contributed by atoms with van der Waals surface area (Å²) in [5.74, 6) is 0.415. The lowest BCUT2D eigenvalue weighted by Gasteiger charge is -2.26. The third-order valence-electron chi connectivity index (χ3n) is 4.98. The molecule has 0 saturated heterocycles. The van der Waals surface area contributed by atoms with Gasteiger partial charge in [0.2, 0.25) is 0 Å². The standard InChI is InChI=1S/C20H17Br2N/c1-11-13(5-3-7-17(11)21)14-9-10-16-15-6-4-8-18(22)20(15)23-19(16)12(14)2/h3-10,16,19,23H,1-2H3. The molecule has 1 heterocycles. The van der Waals surface area contributed by atoms with Crippen LogP contribution in [0.1, 0.15) is 29.5 Å². The minimum atomic E-state index is 0.335. The molecule has 1 aliphatic carbocycles. The average Bonchev–Trinajstić information content (AvgIpc) is 2.92. The lowest BCUT2D eigenvalue weighted by atomic mass is 9.81. The first-order chi connectivity index (χ1) is 11.1. The first kappa shape index (κ1) is 15.2. The summed E-state index contributed by atoms with van der Waals surface area (Å²) in [4.78, 5) is 0. The van der Waals surface area contributed by atoms with Gasteiger partial charge in [-0.1, -0.05) is 52.3 Å². The van der Waals surface area contributed by atoms with Crippen LogP contribution < -0.4 is 5.32 Å². The summed E-state index contributed by atoms with van der Waals surface area (Å²) in [6, 6.07) is 13.2. The Kier molecular flexibility index (Phi) is 3.73. The fourth-order valence-electron chi connectivity index (χ4n) is 3.69. The predicted octanol–water partition coefficient (Wildman–Crippen LogP) is 6.44. The fourth-order valence-corrected chi connectivity index (χ4v) is 4.55. The Morgan fingerprint density at radius 2 is 1.70 bits per heavy atom. The van der Waals surface area contributed by atoms with E-state index in [0.717, 1.165) is 8.95 Å². The highest BCUT2D eigenvalue weighted by atomic mass is 79.9. The van der Waals surface area contributed by atoms with E-state index in [4.69, 9.17) is 0 Å². The summed E-state index contributed by atoms with van der Waals surface area (Å²) in [6.45, 7) is 4.43. The maximum atomic E-state index is 3.72. The van der Waals surface area contributed by atoms with Gasteiger partial charge in [-0.25, -0.2) is 0 Å². The van der Waals surface area contributed by atoms with E-state index in [-0.39, 0.29) is 0 Å². The first-order valence-electron chi connectivity index (χ1n) is 7.77. The highest BCUT2D eigenvalue weighted by molar-refractivity contribution is 9.10. The molecule has 0 aromatic heterocycles. The second-order valence-electron chi connectivity index (χ2n) is 6.22. The summed E-state index contributed by atoms with van der Waals surface area (Å²) in [5.41, 5.74) is 7.96. The minimum Gasteiger partial charge on any atom is -0.376 e. The molecule has 2 unspecified atom stereocenters. The van der Waals surface area contributed by atoms with Gasteiger partial charge in [0.05, 0.1) is 11.7 Å². The molecule has 3 heteroatoms. The van der Waals surface area contributed by atoms with Crippen molar-refractivity contribution in [3.63, 3.8) is 0 Å². The van der Waals surface area contributed by atoms with Crippen molar-refractivity contribution in [3.8, 4) is 0 Å². The fraction of sp³-hybridized carbons (Fsp3) is 0.200. The van der Waals surface area contributed by atoms with Crippen molar-refractivity contribution < 1.29 is 0 Å². The van der Waals surface area contributed by atoms with Crippen LogP contribution in [0.25, 0.3) is 5.57 Å². The number of allylic oxidation sites excluding steroid dienone is 2. The van der Waals surface area contributed by atoms with Gasteiger partial charge in [0.15, 0.2) is 0 Å². The molecule has 2 atom stereocenters. The number of nitrogens with one attached hydrogen (secondary N) is 1. The smallest absolute Gasteiger partial charge is 0.0584 e. The van der Waals surface area contributed by atoms with Crippen molar-refractivity contribution in [2.75, 3.05) is 5.32 Å². The highest BCUT2D eigenvalue weighted by Crippen LogP contribution is 2.47. The van der Waals surface area contributed by atoms with Crippen molar-refractivity contribution in [2.45, 2.75) is 25.8 Å². The van der Waals surface area contributed by atoms with Crippen LogP contribution in [0.2, 0.25) is 0 Å². The molecule has 1 nitrogen and oxygen atoms in total. The van der Waals surface area contributed by atoms with Crippen LogP contribution in [0.15, 0.2) is 63.1 Å². The second kappa shape index (κ2) is 5.64. The van der Waals surface area contributed by atoms with E-state index in [2.05, 4.69) is 99.6 Å². The molecule has 0 radical (unpaired) electrons. The lowest BCUT2D eigenvalue weighted by Crippen LogP contribution is -2.24. The Hall–Kier alpha value is -1.32. The molecule has 116 valence electrons. The first-order valence-corrected chi connectivity index (χ1v) is 9.36. The van der Waals surface area contributed by atoms with Gasteiger partial charge in [-0.05, 0) is 69.7 Å². The summed E-state index contributed by atoms with van der Waals surface area (Å²) in [6.07, 6.45) is 4.64. The molecular formula is C20H17Br2N. The van der Waals surface area contributed by atoms with Gasteiger partial charge < -0.3 is 5.32 Å². The number of benzene rings is 2. The molecule has 2 aromatic rings. The van der Waals surface area contributed by atoms with Gasteiger partial charge in [0.1, 0.15) is 0 Å². The maximum absolute atomic E-state index is 3.72. The third kappa shape index (κ3) is 2.33. The molecule has 0 amide bonds. The van der Waals surface area contributed by atoms with Crippen molar-refractivity contribution >= 4 is 43.1 Å². The Bertz CT molecular complexity index is 864. The Labute approximate surface area is 153 Å². The van der Waals surface area contributed by atoms with Crippen LogP contribution in [-0.4, -0.2) is 6.04 Å². The van der Waals surface area contributed by atoms with E-state index >= 15 is 0 Å². The number of halogens is 2. The molecular weight excluding hydrogens is 414 g/mol. The zero-order valence-electron chi connectivity index (χ0n) is 13.0. The van der Waals surface area contributed by atoms with E-state index in [1.54, 1.807) is 0 Å². The molecule has 0 bridgehead atoms. The molecule has 1 N–H and O–H groups in total. The topological polar surface area (TPSA) is 12.0 Å². The zero-order chi connectivity index (χ0) is 16.1. The summed E-state index contributed by atoms with van der Waals surface area (Å²) >= 11 is 7.33. The van der Waals surface area contributed by atoms with Crippen LogP contribution in [0.4, 0.5) is 5.69 Å². The van der Waals surface area contributed by atoms with Crippen molar-refractivity contribution in [3.05, 3.63) is 79.8 Å². The van der Waals surface area contributed by atoms with E-state index in [9.17, 15) is 0 Å².